The lowest BCUT2D eigenvalue weighted by Crippen LogP contribution is -2.40. The van der Waals surface area contributed by atoms with Crippen LogP contribution >= 0.6 is 15.4 Å². The van der Waals surface area contributed by atoms with Crippen LogP contribution in [0, 0.1) is 0 Å². The summed E-state index contributed by atoms with van der Waals surface area (Å²) < 4.78 is 45.5. The summed E-state index contributed by atoms with van der Waals surface area (Å²) in [5.41, 5.74) is -0.641. The summed E-state index contributed by atoms with van der Waals surface area (Å²) in [7, 11) is -9.07. The average Bonchev–Trinajstić information content (AvgIpc) is 3.31. The van der Waals surface area contributed by atoms with Gasteiger partial charge in [-0.2, -0.15) is 0 Å². The number of phosphoric ester groups is 1. The van der Waals surface area contributed by atoms with Crippen molar-refractivity contribution >= 4 is 38.5 Å². The van der Waals surface area contributed by atoms with Gasteiger partial charge in [0.1, 0.15) is 12.4 Å². The molecule has 0 spiro atoms. The molecule has 1 aliphatic heterocycles. The number of carbonyl (C=O) groups is 2. The Kier molecular flexibility index (Phi) is 9.03. The molecule has 4 atom stereocenters. The van der Waals surface area contributed by atoms with Crippen molar-refractivity contribution in [2.75, 3.05) is 12.8 Å². The molecule has 3 rings (SSSR count). The van der Waals surface area contributed by atoms with Crippen LogP contribution < -0.4 is 5.56 Å². The number of carbonyl (C=O) groups excluding carboxylic acids is 2. The van der Waals surface area contributed by atoms with Crippen LogP contribution in [0.25, 0.3) is 11.2 Å². The summed E-state index contributed by atoms with van der Waals surface area (Å²) in [6, 6.07) is 0. The zero-order chi connectivity index (χ0) is 27.5. The van der Waals surface area contributed by atoms with Crippen LogP contribution in [0.4, 0.5) is 0 Å². The molecule has 4 N–H and O–H groups in total. The molecule has 1 fully saturated rings. The van der Waals surface area contributed by atoms with Gasteiger partial charge >= 0.3 is 27.4 Å². The number of unbranched alkanes of at least 4 members (excludes halogenated alkanes) is 1. The summed E-state index contributed by atoms with van der Waals surface area (Å²) in [5.74, 6) is -1.56. The second-order valence-corrected chi connectivity index (χ2v) is 11.2. The van der Waals surface area contributed by atoms with E-state index in [4.69, 9.17) is 33.8 Å². The highest BCUT2D eigenvalue weighted by Gasteiger charge is 2.51. The first-order valence-electron chi connectivity index (χ1n) is 10.8. The first kappa shape index (κ1) is 29.1. The normalized spacial score (nSPS) is 22.3. The van der Waals surface area contributed by atoms with E-state index < -0.39 is 64.1 Å². The summed E-state index contributed by atoms with van der Waals surface area (Å²) >= 11 is 0. The zero-order valence-corrected chi connectivity index (χ0v) is 21.4. The minimum Gasteiger partial charge on any atom is -0.456 e. The molecular formula is C18H26N4O13P2. The number of rotatable bonds is 11. The maximum absolute atomic E-state index is 12.9. The van der Waals surface area contributed by atoms with E-state index in [2.05, 4.69) is 14.5 Å². The number of imidazole rings is 1. The molecule has 2 aromatic heterocycles. The number of hydrogen-bond donors (Lipinski definition) is 4. The predicted octanol–water partition coefficient (Wildman–Crippen LogP) is -0.579. The molecule has 0 aromatic carbocycles. The summed E-state index contributed by atoms with van der Waals surface area (Å²) in [5, 5.41) is 0. The van der Waals surface area contributed by atoms with E-state index in [1.807, 2.05) is 0 Å². The van der Waals surface area contributed by atoms with E-state index in [0.29, 0.717) is 6.42 Å². The van der Waals surface area contributed by atoms with E-state index in [-0.39, 0.29) is 30.3 Å². The van der Waals surface area contributed by atoms with Gasteiger partial charge in [-0.3, -0.25) is 32.6 Å². The molecule has 17 nitrogen and oxygen atoms in total. The van der Waals surface area contributed by atoms with E-state index in [1.54, 1.807) is 0 Å². The lowest BCUT2D eigenvalue weighted by Gasteiger charge is -2.23. The van der Waals surface area contributed by atoms with Gasteiger partial charge in [-0.05, 0) is 12.8 Å². The van der Waals surface area contributed by atoms with Gasteiger partial charge in [0.15, 0.2) is 29.6 Å². The lowest BCUT2D eigenvalue weighted by molar-refractivity contribution is -0.165. The maximum Gasteiger partial charge on any atom is 0.469 e. The first-order chi connectivity index (χ1) is 17.2. The van der Waals surface area contributed by atoms with Crippen LogP contribution in [0.1, 0.15) is 32.9 Å². The number of nitrogens with zero attached hydrogens (tertiary/aromatic N) is 4. The maximum atomic E-state index is 12.9. The molecule has 206 valence electrons. The highest BCUT2D eigenvalue weighted by molar-refractivity contribution is 7.51. The number of hydrogen-bond acceptors (Lipinski definition) is 11. The van der Waals surface area contributed by atoms with Crippen LogP contribution in [0.2, 0.25) is 0 Å². The van der Waals surface area contributed by atoms with Crippen molar-refractivity contribution in [1.82, 2.24) is 19.1 Å². The minimum atomic E-state index is -4.93. The van der Waals surface area contributed by atoms with E-state index >= 15 is 0 Å². The first-order valence-corrected chi connectivity index (χ1v) is 14.2. The van der Waals surface area contributed by atoms with Crippen LogP contribution in [0.3, 0.4) is 0 Å². The number of aryl methyl sites for hydroxylation is 1. The van der Waals surface area contributed by atoms with Gasteiger partial charge in [0.2, 0.25) is 0 Å². The van der Waals surface area contributed by atoms with Crippen LogP contribution in [0.15, 0.2) is 17.4 Å². The van der Waals surface area contributed by atoms with Gasteiger partial charge in [0.05, 0.1) is 12.9 Å². The average molecular weight is 568 g/mol. The van der Waals surface area contributed by atoms with Gasteiger partial charge in [-0.15, -0.1) is 0 Å². The van der Waals surface area contributed by atoms with E-state index in [0.717, 1.165) is 13.8 Å². The summed E-state index contributed by atoms with van der Waals surface area (Å²) in [6.45, 7) is 1.57. The zero-order valence-electron chi connectivity index (χ0n) is 19.6. The Morgan fingerprint density at radius 2 is 1.68 bits per heavy atom. The third-order valence-electron chi connectivity index (χ3n) is 5.22. The molecule has 0 radical (unpaired) electrons. The van der Waals surface area contributed by atoms with Gasteiger partial charge in [0.25, 0.3) is 5.56 Å². The molecule has 37 heavy (non-hydrogen) atoms. The highest BCUT2D eigenvalue weighted by Crippen LogP contribution is 2.40. The molecule has 3 heterocycles. The Morgan fingerprint density at radius 3 is 2.27 bits per heavy atom. The molecular weight excluding hydrogens is 542 g/mol. The monoisotopic (exact) mass is 568 g/mol. The van der Waals surface area contributed by atoms with Crippen molar-refractivity contribution in [2.45, 2.75) is 57.8 Å². The quantitative estimate of drug-likeness (QED) is 0.151. The molecule has 1 aliphatic rings. The second kappa shape index (κ2) is 11.5. The fraction of sp³-hybridized carbons (Fsp3) is 0.611. The van der Waals surface area contributed by atoms with Crippen molar-refractivity contribution in [1.29, 1.82) is 0 Å². The van der Waals surface area contributed by atoms with Gasteiger partial charge in [-0.25, -0.2) is 14.5 Å². The predicted molar refractivity (Wildman–Crippen MR) is 121 cm³/mol. The lowest BCUT2D eigenvalue weighted by atomic mass is 10.1. The Morgan fingerprint density at radius 1 is 1.03 bits per heavy atom. The molecule has 1 saturated heterocycles. The van der Waals surface area contributed by atoms with Crippen LogP contribution in [-0.4, -0.2) is 81.7 Å². The van der Waals surface area contributed by atoms with E-state index in [1.165, 1.54) is 21.8 Å². The second-order valence-electron chi connectivity index (χ2n) is 8.16. The topological polar surface area (TPSA) is 239 Å². The molecule has 19 heteroatoms. The van der Waals surface area contributed by atoms with Gasteiger partial charge in [-0.1, -0.05) is 0 Å². The SMILES string of the molecule is CC(=O)O[C@@H]1[C@H](OC(C)=O)[C@@H](COP(=O)(O)O)O[C@H]1n1cnc2c(=O)n(CCCCP(=O)(O)O)cnc21. The van der Waals surface area contributed by atoms with Crippen molar-refractivity contribution in [3.63, 3.8) is 0 Å². The fourth-order valence-electron chi connectivity index (χ4n) is 3.78. The molecule has 0 amide bonds. The molecule has 0 saturated carbocycles. The smallest absolute Gasteiger partial charge is 0.456 e. The van der Waals surface area contributed by atoms with Crippen molar-refractivity contribution in [2.24, 2.45) is 0 Å². The summed E-state index contributed by atoms with van der Waals surface area (Å²) in [6.07, 6.45) is -2.66. The molecule has 0 aliphatic carbocycles. The van der Waals surface area contributed by atoms with E-state index in [9.17, 15) is 23.5 Å². The fourth-order valence-corrected chi connectivity index (χ4v) is 4.76. The summed E-state index contributed by atoms with van der Waals surface area (Å²) in [4.78, 5) is 80.7. The molecule has 0 unspecified atom stereocenters. The third-order valence-corrected chi connectivity index (χ3v) is 6.60. The van der Waals surface area contributed by atoms with Crippen LogP contribution in [-0.2, 0) is 44.0 Å². The Balaban J connectivity index is 1.91. The molecule has 2 aromatic rings. The van der Waals surface area contributed by atoms with Gasteiger partial charge < -0.3 is 33.8 Å². The molecule has 0 bridgehead atoms. The van der Waals surface area contributed by atoms with Crippen molar-refractivity contribution in [3.05, 3.63) is 23.0 Å². The standard InChI is InChI=1S/C18H26N4O13P2/c1-10(23)33-14-12(7-32-37(29,30)31)35-18(15(14)34-11(2)24)22-9-19-13-16(22)20-8-21(17(13)25)5-3-4-6-36(26,27)28/h8-9,12,14-15,18H,3-7H2,1-2H3,(H2,26,27,28)(H2,29,30,31)/t12-,14-,15-,18-/m1/s1. The number of fused-ring (bicyclic) bond motifs is 1. The number of esters is 2. The number of phosphoric acid groups is 1. The minimum absolute atomic E-state index is 0.0109. The Hall–Kier alpha value is -2.49. The van der Waals surface area contributed by atoms with Crippen molar-refractivity contribution < 1.29 is 57.0 Å². The largest absolute Gasteiger partial charge is 0.469 e. The number of ether oxygens (including phenoxy) is 3. The highest BCUT2D eigenvalue weighted by atomic mass is 31.2. The third kappa shape index (κ3) is 7.75. The van der Waals surface area contributed by atoms with Gasteiger partial charge in [0, 0.05) is 26.6 Å². The van der Waals surface area contributed by atoms with Crippen LogP contribution in [0.5, 0.6) is 0 Å². The van der Waals surface area contributed by atoms with Crippen molar-refractivity contribution in [3.8, 4) is 0 Å². The Bertz CT molecular complexity index is 1300. The Labute approximate surface area is 208 Å². The number of aromatic nitrogens is 4.